The van der Waals surface area contributed by atoms with Crippen LogP contribution in [0.2, 0.25) is 0 Å². The molecule has 1 unspecified atom stereocenters. The van der Waals surface area contributed by atoms with Gasteiger partial charge in [-0.3, -0.25) is 9.48 Å². The summed E-state index contributed by atoms with van der Waals surface area (Å²) in [5, 5.41) is 7.17. The van der Waals surface area contributed by atoms with Crippen molar-refractivity contribution < 1.29 is 14.3 Å². The van der Waals surface area contributed by atoms with E-state index < -0.39 is 0 Å². The van der Waals surface area contributed by atoms with Crippen LogP contribution in [0.3, 0.4) is 0 Å². The SMILES string of the molecule is COc1ccc(OC)c(C(C)NC(=O)c2nn(C)c(C)c2Br)c1. The number of aryl methyl sites for hydroxylation is 1. The number of carbonyl (C=O) groups excluding carboxylic acids is 1. The fraction of sp³-hybridized carbons (Fsp3) is 0.375. The van der Waals surface area contributed by atoms with Gasteiger partial charge in [0.05, 0.1) is 30.4 Å². The van der Waals surface area contributed by atoms with Crippen molar-refractivity contribution in [1.29, 1.82) is 0 Å². The molecule has 0 fully saturated rings. The largest absolute Gasteiger partial charge is 0.497 e. The van der Waals surface area contributed by atoms with E-state index >= 15 is 0 Å². The Morgan fingerprint density at radius 3 is 2.57 bits per heavy atom. The number of hydrogen-bond acceptors (Lipinski definition) is 4. The molecule has 1 aromatic heterocycles. The van der Waals surface area contributed by atoms with E-state index in [9.17, 15) is 4.79 Å². The average Bonchev–Trinajstić information content (AvgIpc) is 2.81. The van der Waals surface area contributed by atoms with Crippen molar-refractivity contribution in [3.63, 3.8) is 0 Å². The summed E-state index contributed by atoms with van der Waals surface area (Å²) in [5.41, 5.74) is 2.09. The second-order valence-electron chi connectivity index (χ2n) is 5.17. The van der Waals surface area contributed by atoms with Crippen LogP contribution in [0, 0.1) is 6.92 Å². The first-order valence-corrected chi connectivity index (χ1v) is 7.90. The van der Waals surface area contributed by atoms with Gasteiger partial charge < -0.3 is 14.8 Å². The number of benzene rings is 1. The van der Waals surface area contributed by atoms with E-state index in [1.54, 1.807) is 25.9 Å². The molecule has 0 bridgehead atoms. The molecule has 1 N–H and O–H groups in total. The first-order chi connectivity index (χ1) is 10.9. The predicted molar refractivity (Wildman–Crippen MR) is 91.1 cm³/mol. The maximum atomic E-state index is 12.5. The fourth-order valence-electron chi connectivity index (χ4n) is 2.25. The van der Waals surface area contributed by atoms with Crippen molar-refractivity contribution in [2.45, 2.75) is 19.9 Å². The highest BCUT2D eigenvalue weighted by Gasteiger charge is 2.21. The Labute approximate surface area is 143 Å². The Bertz CT molecular complexity index is 728. The molecule has 124 valence electrons. The minimum atomic E-state index is -0.262. The van der Waals surface area contributed by atoms with Gasteiger partial charge in [0.25, 0.3) is 5.91 Å². The maximum Gasteiger partial charge on any atom is 0.273 e. The van der Waals surface area contributed by atoms with E-state index in [0.717, 1.165) is 11.3 Å². The molecule has 1 atom stereocenters. The molecule has 1 heterocycles. The number of ether oxygens (including phenoxy) is 2. The van der Waals surface area contributed by atoms with Gasteiger partial charge >= 0.3 is 0 Å². The third-order valence-corrected chi connectivity index (χ3v) is 4.68. The third kappa shape index (κ3) is 3.50. The zero-order valence-electron chi connectivity index (χ0n) is 13.8. The molecular weight excluding hydrogens is 362 g/mol. The van der Waals surface area contributed by atoms with Crippen LogP contribution in [-0.4, -0.2) is 29.9 Å². The predicted octanol–water partition coefficient (Wildman–Crippen LogP) is 3.00. The monoisotopic (exact) mass is 381 g/mol. The van der Waals surface area contributed by atoms with Crippen LogP contribution < -0.4 is 14.8 Å². The summed E-state index contributed by atoms with van der Waals surface area (Å²) in [6.07, 6.45) is 0. The normalized spacial score (nSPS) is 11.9. The molecule has 0 aliphatic heterocycles. The third-order valence-electron chi connectivity index (χ3n) is 3.73. The first kappa shape index (κ1) is 17.3. The summed E-state index contributed by atoms with van der Waals surface area (Å²) in [6, 6.07) is 5.22. The number of aromatic nitrogens is 2. The van der Waals surface area contributed by atoms with Gasteiger partial charge in [0.15, 0.2) is 5.69 Å². The standard InChI is InChI=1S/C16H20BrN3O3/c1-9(12-8-11(22-4)6-7-13(12)23-5)18-16(21)15-14(17)10(2)20(3)19-15/h6-9H,1-5H3,(H,18,21). The van der Waals surface area contributed by atoms with Gasteiger partial charge in [0.2, 0.25) is 0 Å². The van der Waals surface area contributed by atoms with Crippen LogP contribution in [-0.2, 0) is 7.05 Å². The van der Waals surface area contributed by atoms with Gasteiger partial charge in [-0.05, 0) is 48.0 Å². The number of carbonyl (C=O) groups is 1. The van der Waals surface area contributed by atoms with Crippen molar-refractivity contribution in [2.24, 2.45) is 7.05 Å². The Hall–Kier alpha value is -2.02. The molecular formula is C16H20BrN3O3. The van der Waals surface area contributed by atoms with E-state index in [1.807, 2.05) is 32.0 Å². The van der Waals surface area contributed by atoms with Gasteiger partial charge in [0.1, 0.15) is 11.5 Å². The highest BCUT2D eigenvalue weighted by atomic mass is 79.9. The quantitative estimate of drug-likeness (QED) is 0.864. The van der Waals surface area contributed by atoms with Crippen molar-refractivity contribution in [3.8, 4) is 11.5 Å². The molecule has 2 aromatic rings. The molecule has 0 aliphatic carbocycles. The molecule has 0 spiro atoms. The number of halogens is 1. The van der Waals surface area contributed by atoms with Gasteiger partial charge in [-0.25, -0.2) is 0 Å². The lowest BCUT2D eigenvalue weighted by Crippen LogP contribution is -2.27. The first-order valence-electron chi connectivity index (χ1n) is 7.11. The highest BCUT2D eigenvalue weighted by molar-refractivity contribution is 9.10. The minimum Gasteiger partial charge on any atom is -0.497 e. The van der Waals surface area contributed by atoms with Crippen LogP contribution in [0.25, 0.3) is 0 Å². The molecule has 1 aromatic carbocycles. The van der Waals surface area contributed by atoms with E-state index in [4.69, 9.17) is 9.47 Å². The van der Waals surface area contributed by atoms with E-state index in [-0.39, 0.29) is 11.9 Å². The summed E-state index contributed by atoms with van der Waals surface area (Å²) in [4.78, 5) is 12.5. The molecule has 1 amide bonds. The average molecular weight is 382 g/mol. The molecule has 6 nitrogen and oxygen atoms in total. The molecule has 2 rings (SSSR count). The Morgan fingerprint density at radius 2 is 2.04 bits per heavy atom. The van der Waals surface area contributed by atoms with Crippen LogP contribution in [0.4, 0.5) is 0 Å². The van der Waals surface area contributed by atoms with Crippen LogP contribution in [0.5, 0.6) is 11.5 Å². The smallest absolute Gasteiger partial charge is 0.273 e. The summed E-state index contributed by atoms with van der Waals surface area (Å²) in [5.74, 6) is 1.14. The van der Waals surface area contributed by atoms with E-state index in [0.29, 0.717) is 21.7 Å². The van der Waals surface area contributed by atoms with Crippen LogP contribution in [0.15, 0.2) is 22.7 Å². The molecule has 0 aliphatic rings. The van der Waals surface area contributed by atoms with Gasteiger partial charge in [-0.2, -0.15) is 5.10 Å². The molecule has 0 radical (unpaired) electrons. The lowest BCUT2D eigenvalue weighted by Gasteiger charge is -2.18. The number of nitrogens with one attached hydrogen (secondary N) is 1. The van der Waals surface area contributed by atoms with Crippen molar-refractivity contribution in [3.05, 3.63) is 39.6 Å². The van der Waals surface area contributed by atoms with Gasteiger partial charge in [-0.15, -0.1) is 0 Å². The second kappa shape index (κ2) is 7.04. The van der Waals surface area contributed by atoms with Crippen LogP contribution in [0.1, 0.15) is 34.7 Å². The second-order valence-corrected chi connectivity index (χ2v) is 5.97. The van der Waals surface area contributed by atoms with Gasteiger partial charge in [-0.1, -0.05) is 0 Å². The van der Waals surface area contributed by atoms with Crippen molar-refractivity contribution in [2.75, 3.05) is 14.2 Å². The molecule has 0 saturated heterocycles. The number of nitrogens with zero attached hydrogens (tertiary/aromatic N) is 2. The van der Waals surface area contributed by atoms with E-state index in [1.165, 1.54) is 0 Å². The Kier molecular flexibility index (Phi) is 5.30. The maximum absolute atomic E-state index is 12.5. The summed E-state index contributed by atoms with van der Waals surface area (Å²) < 4.78 is 13.0. The zero-order chi connectivity index (χ0) is 17.1. The topological polar surface area (TPSA) is 65.4 Å². The summed E-state index contributed by atoms with van der Waals surface area (Å²) in [7, 11) is 4.99. The lowest BCUT2D eigenvalue weighted by atomic mass is 10.1. The highest BCUT2D eigenvalue weighted by Crippen LogP contribution is 2.29. The van der Waals surface area contributed by atoms with Crippen molar-refractivity contribution >= 4 is 21.8 Å². The fourth-order valence-corrected chi connectivity index (χ4v) is 2.76. The van der Waals surface area contributed by atoms with Crippen molar-refractivity contribution in [1.82, 2.24) is 15.1 Å². The minimum absolute atomic E-state index is 0.252. The Balaban J connectivity index is 2.26. The lowest BCUT2D eigenvalue weighted by molar-refractivity contribution is 0.0933. The number of amides is 1. The molecule has 0 saturated carbocycles. The summed E-state index contributed by atoms with van der Waals surface area (Å²) >= 11 is 3.41. The number of rotatable bonds is 5. The Morgan fingerprint density at radius 1 is 1.35 bits per heavy atom. The van der Waals surface area contributed by atoms with Gasteiger partial charge in [0, 0.05) is 12.6 Å². The van der Waals surface area contributed by atoms with E-state index in [2.05, 4.69) is 26.3 Å². The number of hydrogen-bond donors (Lipinski definition) is 1. The number of methoxy groups -OCH3 is 2. The van der Waals surface area contributed by atoms with Crippen LogP contribution >= 0.6 is 15.9 Å². The zero-order valence-corrected chi connectivity index (χ0v) is 15.4. The molecule has 7 heteroatoms. The summed E-state index contributed by atoms with van der Waals surface area (Å²) in [6.45, 7) is 3.78. The molecule has 23 heavy (non-hydrogen) atoms.